The maximum absolute atomic E-state index is 10.9. The van der Waals surface area contributed by atoms with Gasteiger partial charge in [0.15, 0.2) is 9.84 Å². The monoisotopic (exact) mass is 161 g/mol. The normalized spacial score (nSPS) is 12.6. The Hall–Kier alpha value is -0.560. The maximum Gasteiger partial charge on any atom is 0.153 e. The largest absolute Gasteiger partial charge is 0.229 e. The molecule has 0 rings (SSSR count). The van der Waals surface area contributed by atoms with Crippen LogP contribution < -0.4 is 0 Å². The van der Waals surface area contributed by atoms with E-state index >= 15 is 0 Å². The first-order valence-corrected chi connectivity index (χ1v) is 4.77. The summed E-state index contributed by atoms with van der Waals surface area (Å²) in [7, 11) is -3.09. The third kappa shape index (κ3) is 1.99. The van der Waals surface area contributed by atoms with Crippen molar-refractivity contribution in [3.05, 3.63) is 0 Å². The lowest BCUT2D eigenvalue weighted by molar-refractivity contribution is 0.555. The highest BCUT2D eigenvalue weighted by molar-refractivity contribution is 7.92. The number of hydrogen-bond acceptors (Lipinski definition) is 3. The molecule has 0 aliphatic heterocycles. The van der Waals surface area contributed by atoms with Crippen molar-refractivity contribution in [2.75, 3.05) is 6.26 Å². The molecule has 0 saturated carbocycles. The lowest BCUT2D eigenvalue weighted by Crippen LogP contribution is -2.29. The second-order valence-electron chi connectivity index (χ2n) is 2.87. The Labute approximate surface area is 61.6 Å². The molecule has 0 unspecified atom stereocenters. The molecule has 0 atom stereocenters. The molecule has 0 saturated heterocycles. The molecule has 0 radical (unpaired) electrons. The van der Waals surface area contributed by atoms with Gasteiger partial charge in [0.2, 0.25) is 0 Å². The Bertz CT molecular complexity index is 245. The van der Waals surface area contributed by atoms with Crippen LogP contribution in [0.3, 0.4) is 0 Å². The van der Waals surface area contributed by atoms with Crippen LogP contribution in [0.1, 0.15) is 20.3 Å². The standard InChI is InChI=1S/C6H11NO2S/c1-6(2,4-5-7)10(3,8)9/h4H2,1-3H3. The SMILES string of the molecule is CC(C)(CC#N)S(C)(=O)=O. The highest BCUT2D eigenvalue weighted by Crippen LogP contribution is 2.18. The summed E-state index contributed by atoms with van der Waals surface area (Å²) in [6, 6.07) is 1.84. The van der Waals surface area contributed by atoms with Crippen molar-refractivity contribution in [1.82, 2.24) is 0 Å². The average Bonchev–Trinajstić information content (AvgIpc) is 1.61. The molecule has 10 heavy (non-hydrogen) atoms. The fraction of sp³-hybridized carbons (Fsp3) is 0.833. The Morgan fingerprint density at radius 3 is 2.00 bits per heavy atom. The lowest BCUT2D eigenvalue weighted by Gasteiger charge is -2.17. The van der Waals surface area contributed by atoms with Crippen LogP contribution in [0.4, 0.5) is 0 Å². The molecule has 0 aromatic heterocycles. The molecule has 0 heterocycles. The van der Waals surface area contributed by atoms with E-state index in [-0.39, 0.29) is 6.42 Å². The predicted octanol–water partition coefficient (Wildman–Crippen LogP) is 0.723. The van der Waals surface area contributed by atoms with Crippen molar-refractivity contribution in [2.45, 2.75) is 25.0 Å². The number of nitriles is 1. The van der Waals surface area contributed by atoms with Crippen molar-refractivity contribution < 1.29 is 8.42 Å². The van der Waals surface area contributed by atoms with Gasteiger partial charge in [-0.25, -0.2) is 8.42 Å². The van der Waals surface area contributed by atoms with E-state index in [9.17, 15) is 8.42 Å². The Morgan fingerprint density at radius 1 is 1.50 bits per heavy atom. The molecule has 0 fully saturated rings. The Morgan fingerprint density at radius 2 is 1.90 bits per heavy atom. The van der Waals surface area contributed by atoms with E-state index in [1.54, 1.807) is 13.8 Å². The zero-order chi connectivity index (χ0) is 8.41. The maximum atomic E-state index is 10.9. The molecule has 0 aliphatic rings. The lowest BCUT2D eigenvalue weighted by atomic mass is 10.1. The molecule has 0 aliphatic carbocycles. The van der Waals surface area contributed by atoms with Gasteiger partial charge in [0.1, 0.15) is 0 Å². The van der Waals surface area contributed by atoms with Gasteiger partial charge in [0.25, 0.3) is 0 Å². The summed E-state index contributed by atoms with van der Waals surface area (Å²) < 4.78 is 20.9. The molecular formula is C6H11NO2S. The average molecular weight is 161 g/mol. The van der Waals surface area contributed by atoms with Crippen LogP contribution in [0.15, 0.2) is 0 Å². The molecule has 0 N–H and O–H groups in total. The van der Waals surface area contributed by atoms with Crippen LogP contribution in [0, 0.1) is 11.3 Å². The van der Waals surface area contributed by atoms with Crippen molar-refractivity contribution >= 4 is 9.84 Å². The first-order chi connectivity index (χ1) is 4.31. The van der Waals surface area contributed by atoms with Crippen LogP contribution in [0.5, 0.6) is 0 Å². The van der Waals surface area contributed by atoms with E-state index in [1.807, 2.05) is 6.07 Å². The first-order valence-electron chi connectivity index (χ1n) is 2.88. The minimum atomic E-state index is -3.09. The fourth-order valence-electron chi connectivity index (χ4n) is 0.321. The van der Waals surface area contributed by atoms with E-state index < -0.39 is 14.6 Å². The van der Waals surface area contributed by atoms with Crippen LogP contribution in [-0.2, 0) is 9.84 Å². The van der Waals surface area contributed by atoms with Crippen molar-refractivity contribution in [3.8, 4) is 6.07 Å². The van der Waals surface area contributed by atoms with Crippen molar-refractivity contribution in [3.63, 3.8) is 0 Å². The minimum absolute atomic E-state index is 0.0475. The number of sulfone groups is 1. The van der Waals surface area contributed by atoms with Crippen LogP contribution >= 0.6 is 0 Å². The Kier molecular flexibility index (Phi) is 2.44. The highest BCUT2D eigenvalue weighted by atomic mass is 32.2. The smallest absolute Gasteiger partial charge is 0.153 e. The number of nitrogens with zero attached hydrogens (tertiary/aromatic N) is 1. The van der Waals surface area contributed by atoms with Gasteiger partial charge in [-0.15, -0.1) is 0 Å². The summed E-state index contributed by atoms with van der Waals surface area (Å²) in [6.07, 6.45) is 1.19. The van der Waals surface area contributed by atoms with Crippen molar-refractivity contribution in [2.24, 2.45) is 0 Å². The van der Waals surface area contributed by atoms with Crippen LogP contribution in [-0.4, -0.2) is 19.4 Å². The van der Waals surface area contributed by atoms with E-state index in [4.69, 9.17) is 5.26 Å². The fourth-order valence-corrected chi connectivity index (χ4v) is 0.648. The van der Waals surface area contributed by atoms with E-state index in [0.29, 0.717) is 0 Å². The van der Waals surface area contributed by atoms with Crippen LogP contribution in [0.25, 0.3) is 0 Å². The van der Waals surface area contributed by atoms with E-state index in [1.165, 1.54) is 0 Å². The topological polar surface area (TPSA) is 57.9 Å². The van der Waals surface area contributed by atoms with Gasteiger partial charge >= 0.3 is 0 Å². The third-order valence-electron chi connectivity index (χ3n) is 1.51. The van der Waals surface area contributed by atoms with Gasteiger partial charge in [-0.05, 0) is 13.8 Å². The quantitative estimate of drug-likeness (QED) is 0.599. The minimum Gasteiger partial charge on any atom is -0.229 e. The summed E-state index contributed by atoms with van der Waals surface area (Å²) in [5.74, 6) is 0. The van der Waals surface area contributed by atoms with E-state index in [0.717, 1.165) is 6.26 Å². The molecule has 0 spiro atoms. The van der Waals surface area contributed by atoms with Crippen LogP contribution in [0.2, 0.25) is 0 Å². The van der Waals surface area contributed by atoms with E-state index in [2.05, 4.69) is 0 Å². The molecule has 3 nitrogen and oxygen atoms in total. The second-order valence-corrected chi connectivity index (χ2v) is 5.52. The van der Waals surface area contributed by atoms with Crippen molar-refractivity contribution in [1.29, 1.82) is 5.26 Å². The molecule has 4 heteroatoms. The van der Waals surface area contributed by atoms with Gasteiger partial charge in [0, 0.05) is 6.26 Å². The zero-order valence-corrected chi connectivity index (χ0v) is 7.20. The highest BCUT2D eigenvalue weighted by Gasteiger charge is 2.29. The Balaban J connectivity index is 4.62. The van der Waals surface area contributed by atoms with Gasteiger partial charge in [-0.1, -0.05) is 0 Å². The molecule has 0 bridgehead atoms. The molecule has 0 aromatic rings. The zero-order valence-electron chi connectivity index (χ0n) is 6.38. The summed E-state index contributed by atoms with van der Waals surface area (Å²) in [5, 5.41) is 8.25. The van der Waals surface area contributed by atoms with Gasteiger partial charge in [-0.3, -0.25) is 0 Å². The molecular weight excluding hydrogens is 150 g/mol. The van der Waals surface area contributed by atoms with Gasteiger partial charge < -0.3 is 0 Å². The van der Waals surface area contributed by atoms with Gasteiger partial charge in [0.05, 0.1) is 17.2 Å². The summed E-state index contributed by atoms with van der Waals surface area (Å²) in [6.45, 7) is 3.09. The molecule has 0 amide bonds. The second kappa shape index (κ2) is 2.59. The number of hydrogen-bond donors (Lipinski definition) is 0. The first kappa shape index (κ1) is 9.44. The van der Waals surface area contributed by atoms with Gasteiger partial charge in [-0.2, -0.15) is 5.26 Å². The summed E-state index contributed by atoms with van der Waals surface area (Å²) in [5.41, 5.74) is 0. The number of rotatable bonds is 2. The third-order valence-corrected chi connectivity index (χ3v) is 3.66. The molecule has 58 valence electrons. The molecule has 0 aromatic carbocycles. The predicted molar refractivity (Wildman–Crippen MR) is 39.2 cm³/mol. The summed E-state index contributed by atoms with van der Waals surface area (Å²) in [4.78, 5) is 0. The summed E-state index contributed by atoms with van der Waals surface area (Å²) >= 11 is 0.